The molecule has 0 aromatic heterocycles. The second-order valence-corrected chi connectivity index (χ2v) is 5.35. The van der Waals surface area contributed by atoms with Gasteiger partial charge in [-0.25, -0.2) is 0 Å². The highest BCUT2D eigenvalue weighted by Crippen LogP contribution is 2.32. The van der Waals surface area contributed by atoms with Gasteiger partial charge in [-0.2, -0.15) is 0 Å². The topological polar surface area (TPSA) is 21.3 Å². The van der Waals surface area contributed by atoms with Crippen LogP contribution in [0.5, 0.6) is 5.75 Å². The Morgan fingerprint density at radius 1 is 1.41 bits per heavy atom. The third-order valence-electron chi connectivity index (χ3n) is 3.36. The van der Waals surface area contributed by atoms with Crippen LogP contribution in [-0.2, 0) is 6.42 Å². The molecule has 0 aliphatic carbocycles. The summed E-state index contributed by atoms with van der Waals surface area (Å²) in [7, 11) is 1.77. The molecule has 1 N–H and O–H groups in total. The van der Waals surface area contributed by atoms with Crippen LogP contribution in [0.25, 0.3) is 0 Å². The fraction of sp³-hybridized carbons (Fsp3) is 0.571. The first-order chi connectivity index (χ1) is 8.35. The maximum Gasteiger partial charge on any atom is 0.135 e. The van der Waals surface area contributed by atoms with Crippen LogP contribution in [-0.4, -0.2) is 26.0 Å². The molecule has 1 aromatic rings. The van der Waals surface area contributed by atoms with Crippen molar-refractivity contribution in [3.05, 3.63) is 23.8 Å². The van der Waals surface area contributed by atoms with Gasteiger partial charge in [-0.05, 0) is 43.7 Å². The van der Waals surface area contributed by atoms with E-state index in [-0.39, 0.29) is 0 Å². The van der Waals surface area contributed by atoms with Crippen molar-refractivity contribution < 1.29 is 4.74 Å². The van der Waals surface area contributed by atoms with Gasteiger partial charge in [0.25, 0.3) is 0 Å². The molecule has 1 heterocycles. The largest absolute Gasteiger partial charge is 0.495 e. The molecule has 1 aliphatic rings. The van der Waals surface area contributed by atoms with E-state index >= 15 is 0 Å². The number of methoxy groups -OCH3 is 1. The van der Waals surface area contributed by atoms with Crippen molar-refractivity contribution in [2.45, 2.75) is 36.6 Å². The van der Waals surface area contributed by atoms with E-state index in [0.29, 0.717) is 6.04 Å². The number of hydrogen-bond donors (Lipinski definition) is 1. The molecule has 1 unspecified atom stereocenters. The summed E-state index contributed by atoms with van der Waals surface area (Å²) in [5, 5.41) is 3.59. The van der Waals surface area contributed by atoms with Crippen LogP contribution < -0.4 is 10.1 Å². The summed E-state index contributed by atoms with van der Waals surface area (Å²) < 4.78 is 5.56. The molecule has 0 spiro atoms. The van der Waals surface area contributed by atoms with Crippen LogP contribution in [0.15, 0.2) is 23.1 Å². The van der Waals surface area contributed by atoms with E-state index in [2.05, 4.69) is 29.8 Å². The second-order valence-electron chi connectivity index (χ2n) is 4.50. The molecule has 0 bridgehead atoms. The molecule has 1 aliphatic heterocycles. The van der Waals surface area contributed by atoms with Crippen molar-refractivity contribution in [1.82, 2.24) is 5.32 Å². The SMILES string of the molecule is COc1c(CC2CCCCN2)cccc1SC. The molecular weight excluding hydrogens is 230 g/mol. The molecule has 1 atom stereocenters. The van der Waals surface area contributed by atoms with Gasteiger partial charge in [-0.3, -0.25) is 0 Å². The number of benzene rings is 1. The summed E-state index contributed by atoms with van der Waals surface area (Å²) in [5.74, 6) is 1.06. The number of ether oxygens (including phenoxy) is 1. The Labute approximate surface area is 108 Å². The maximum absolute atomic E-state index is 5.56. The van der Waals surface area contributed by atoms with Crippen molar-refractivity contribution in [3.63, 3.8) is 0 Å². The molecule has 1 fully saturated rings. The predicted molar refractivity (Wildman–Crippen MR) is 74.1 cm³/mol. The second kappa shape index (κ2) is 6.31. The Morgan fingerprint density at radius 2 is 2.29 bits per heavy atom. The quantitative estimate of drug-likeness (QED) is 0.831. The molecule has 0 radical (unpaired) electrons. The number of hydrogen-bond acceptors (Lipinski definition) is 3. The maximum atomic E-state index is 5.56. The van der Waals surface area contributed by atoms with E-state index in [0.717, 1.165) is 18.7 Å². The van der Waals surface area contributed by atoms with E-state index in [1.165, 1.54) is 29.7 Å². The molecule has 0 saturated carbocycles. The number of piperidine rings is 1. The molecule has 2 nitrogen and oxygen atoms in total. The fourth-order valence-corrected chi connectivity index (χ4v) is 3.09. The van der Waals surface area contributed by atoms with Crippen molar-refractivity contribution in [2.24, 2.45) is 0 Å². The van der Waals surface area contributed by atoms with Gasteiger partial charge >= 0.3 is 0 Å². The monoisotopic (exact) mass is 251 g/mol. The van der Waals surface area contributed by atoms with E-state index in [9.17, 15) is 0 Å². The normalized spacial score (nSPS) is 20.2. The van der Waals surface area contributed by atoms with E-state index in [4.69, 9.17) is 4.74 Å². The van der Waals surface area contributed by atoms with Crippen molar-refractivity contribution in [1.29, 1.82) is 0 Å². The minimum absolute atomic E-state index is 0.620. The highest BCUT2D eigenvalue weighted by Gasteiger charge is 2.16. The van der Waals surface area contributed by atoms with Crippen LogP contribution >= 0.6 is 11.8 Å². The zero-order chi connectivity index (χ0) is 12.1. The van der Waals surface area contributed by atoms with Gasteiger partial charge in [-0.15, -0.1) is 11.8 Å². The van der Waals surface area contributed by atoms with Crippen molar-refractivity contribution in [3.8, 4) is 5.75 Å². The average Bonchev–Trinajstić information content (AvgIpc) is 2.39. The molecule has 3 heteroatoms. The third kappa shape index (κ3) is 3.17. The molecule has 1 aromatic carbocycles. The van der Waals surface area contributed by atoms with Gasteiger partial charge in [0.2, 0.25) is 0 Å². The lowest BCUT2D eigenvalue weighted by Crippen LogP contribution is -2.35. The summed E-state index contributed by atoms with van der Waals surface area (Å²) in [4.78, 5) is 1.24. The van der Waals surface area contributed by atoms with Crippen LogP contribution in [0.3, 0.4) is 0 Å². The van der Waals surface area contributed by atoms with Crippen molar-refractivity contribution >= 4 is 11.8 Å². The van der Waals surface area contributed by atoms with E-state index < -0.39 is 0 Å². The van der Waals surface area contributed by atoms with E-state index in [1.807, 2.05) is 0 Å². The van der Waals surface area contributed by atoms with E-state index in [1.54, 1.807) is 18.9 Å². The number of rotatable bonds is 4. The summed E-state index contributed by atoms with van der Waals surface area (Å²) >= 11 is 1.75. The molecular formula is C14H21NOS. The molecule has 0 amide bonds. The molecule has 1 saturated heterocycles. The van der Waals surface area contributed by atoms with Gasteiger partial charge < -0.3 is 10.1 Å². The molecule has 17 heavy (non-hydrogen) atoms. The van der Waals surface area contributed by atoms with Crippen LogP contribution in [0.4, 0.5) is 0 Å². The van der Waals surface area contributed by atoms with Crippen LogP contribution in [0, 0.1) is 0 Å². The lowest BCUT2D eigenvalue weighted by atomic mass is 9.97. The van der Waals surface area contributed by atoms with Gasteiger partial charge in [0.1, 0.15) is 5.75 Å². The number of nitrogens with one attached hydrogen (secondary N) is 1. The Bertz CT molecular complexity index is 361. The van der Waals surface area contributed by atoms with Gasteiger partial charge in [0.05, 0.1) is 7.11 Å². The minimum Gasteiger partial charge on any atom is -0.495 e. The fourth-order valence-electron chi connectivity index (χ4n) is 2.48. The summed E-state index contributed by atoms with van der Waals surface area (Å²) in [6.45, 7) is 1.16. The van der Waals surface area contributed by atoms with Crippen molar-refractivity contribution in [2.75, 3.05) is 19.9 Å². The Hall–Kier alpha value is -0.670. The summed E-state index contributed by atoms with van der Waals surface area (Å²) in [6, 6.07) is 7.07. The third-order valence-corrected chi connectivity index (χ3v) is 4.12. The Balaban J connectivity index is 2.13. The lowest BCUT2D eigenvalue weighted by molar-refractivity contribution is 0.376. The van der Waals surface area contributed by atoms with Gasteiger partial charge in [0.15, 0.2) is 0 Å². The number of para-hydroxylation sites is 1. The smallest absolute Gasteiger partial charge is 0.135 e. The standard InChI is InChI=1S/C14H21NOS/c1-16-14-11(6-5-8-13(14)17-2)10-12-7-3-4-9-15-12/h5-6,8,12,15H,3-4,7,9-10H2,1-2H3. The first-order valence-corrected chi connectivity index (χ1v) is 7.51. The van der Waals surface area contributed by atoms with Crippen LogP contribution in [0.2, 0.25) is 0 Å². The predicted octanol–water partition coefficient (Wildman–Crippen LogP) is 3.10. The summed E-state index contributed by atoms with van der Waals surface area (Å²) in [5.41, 5.74) is 1.33. The summed E-state index contributed by atoms with van der Waals surface area (Å²) in [6.07, 6.45) is 7.13. The highest BCUT2D eigenvalue weighted by atomic mass is 32.2. The zero-order valence-electron chi connectivity index (χ0n) is 10.7. The highest BCUT2D eigenvalue weighted by molar-refractivity contribution is 7.98. The first kappa shape index (κ1) is 12.8. The lowest BCUT2D eigenvalue weighted by Gasteiger charge is -2.24. The first-order valence-electron chi connectivity index (χ1n) is 6.28. The number of thioether (sulfide) groups is 1. The zero-order valence-corrected chi connectivity index (χ0v) is 11.5. The van der Waals surface area contributed by atoms with Gasteiger partial charge in [0, 0.05) is 10.9 Å². The minimum atomic E-state index is 0.620. The Morgan fingerprint density at radius 3 is 2.94 bits per heavy atom. The average molecular weight is 251 g/mol. The van der Waals surface area contributed by atoms with Gasteiger partial charge in [-0.1, -0.05) is 18.6 Å². The Kier molecular flexibility index (Phi) is 4.75. The molecule has 94 valence electrons. The molecule has 2 rings (SSSR count). The van der Waals surface area contributed by atoms with Crippen LogP contribution in [0.1, 0.15) is 24.8 Å².